The normalized spacial score (nSPS) is 17.0. The Morgan fingerprint density at radius 1 is 1.33 bits per heavy atom. The highest BCUT2D eigenvalue weighted by atomic mass is 16.5. The monoisotopic (exact) mass is 335 g/mol. The number of benzene rings is 1. The Kier molecular flexibility index (Phi) is 6.87. The van der Waals surface area contributed by atoms with E-state index in [1.807, 2.05) is 31.2 Å². The average molecular weight is 335 g/mol. The lowest BCUT2D eigenvalue weighted by Gasteiger charge is -2.18. The van der Waals surface area contributed by atoms with Gasteiger partial charge < -0.3 is 25.0 Å². The Morgan fingerprint density at radius 3 is 2.75 bits per heavy atom. The van der Waals surface area contributed by atoms with Crippen molar-refractivity contribution in [1.82, 2.24) is 10.6 Å². The van der Waals surface area contributed by atoms with Gasteiger partial charge in [0.15, 0.2) is 0 Å². The van der Waals surface area contributed by atoms with Crippen molar-refractivity contribution in [1.29, 1.82) is 0 Å². The molecule has 1 fully saturated rings. The van der Waals surface area contributed by atoms with E-state index in [0.29, 0.717) is 32.7 Å². The van der Waals surface area contributed by atoms with Gasteiger partial charge in [-0.3, -0.25) is 4.79 Å². The van der Waals surface area contributed by atoms with E-state index in [1.54, 1.807) is 12.0 Å². The van der Waals surface area contributed by atoms with Crippen LogP contribution in [0.5, 0.6) is 5.75 Å². The summed E-state index contributed by atoms with van der Waals surface area (Å²) in [7, 11) is 1.62. The van der Waals surface area contributed by atoms with Gasteiger partial charge in [-0.15, -0.1) is 0 Å². The summed E-state index contributed by atoms with van der Waals surface area (Å²) < 4.78 is 10.3. The molecular formula is C17H25N3O4. The number of carbonyl (C=O) groups excluding carboxylic acids is 2. The van der Waals surface area contributed by atoms with E-state index in [9.17, 15) is 9.59 Å². The fraction of sp³-hybridized carbons (Fsp3) is 0.529. The van der Waals surface area contributed by atoms with Gasteiger partial charge in [0.05, 0.1) is 12.6 Å². The van der Waals surface area contributed by atoms with Gasteiger partial charge in [-0.05, 0) is 37.6 Å². The molecule has 1 atom stereocenters. The first-order valence-corrected chi connectivity index (χ1v) is 8.20. The molecule has 1 aromatic rings. The third kappa shape index (κ3) is 5.13. The number of methoxy groups -OCH3 is 1. The molecule has 1 aliphatic rings. The molecule has 0 aromatic heterocycles. The number of hydrogen-bond donors (Lipinski definition) is 2. The molecule has 1 unspecified atom stereocenters. The molecule has 132 valence electrons. The van der Waals surface area contributed by atoms with Gasteiger partial charge in [0.1, 0.15) is 5.75 Å². The van der Waals surface area contributed by atoms with E-state index in [1.165, 1.54) is 0 Å². The van der Waals surface area contributed by atoms with Crippen molar-refractivity contribution in [2.24, 2.45) is 0 Å². The van der Waals surface area contributed by atoms with Crippen molar-refractivity contribution in [2.45, 2.75) is 25.8 Å². The maximum atomic E-state index is 12.2. The predicted octanol–water partition coefficient (Wildman–Crippen LogP) is 1.53. The summed E-state index contributed by atoms with van der Waals surface area (Å²) in [5, 5.41) is 5.60. The Bertz CT molecular complexity index is 547. The van der Waals surface area contributed by atoms with E-state index in [4.69, 9.17) is 9.47 Å². The van der Waals surface area contributed by atoms with Crippen molar-refractivity contribution in [3.05, 3.63) is 24.3 Å². The molecule has 24 heavy (non-hydrogen) atoms. The van der Waals surface area contributed by atoms with Crippen molar-refractivity contribution in [2.75, 3.05) is 38.3 Å². The number of nitrogens with zero attached hydrogens (tertiary/aromatic N) is 1. The molecule has 3 amide bonds. The van der Waals surface area contributed by atoms with Gasteiger partial charge in [0.2, 0.25) is 5.91 Å². The molecule has 2 N–H and O–H groups in total. The maximum Gasteiger partial charge on any atom is 0.315 e. The minimum Gasteiger partial charge on any atom is -0.494 e. The second-order valence-electron chi connectivity index (χ2n) is 5.58. The first-order chi connectivity index (χ1) is 11.6. The zero-order chi connectivity index (χ0) is 17.4. The predicted molar refractivity (Wildman–Crippen MR) is 91.4 cm³/mol. The number of amides is 3. The molecule has 7 nitrogen and oxygen atoms in total. The van der Waals surface area contributed by atoms with E-state index in [2.05, 4.69) is 10.6 Å². The standard InChI is InChI=1S/C17H25N3O4/c1-3-24-15-7-5-14(6-8-15)20-12-13(11-16(20)21)19-17(22)18-9-4-10-23-2/h5-8,13H,3-4,9-12H2,1-2H3,(H2,18,19,22). The van der Waals surface area contributed by atoms with Crippen LogP contribution in [0.4, 0.5) is 10.5 Å². The summed E-state index contributed by atoms with van der Waals surface area (Å²) in [5.41, 5.74) is 0.813. The first kappa shape index (κ1) is 18.1. The zero-order valence-electron chi connectivity index (χ0n) is 14.2. The molecule has 1 aliphatic heterocycles. The Hall–Kier alpha value is -2.28. The number of carbonyl (C=O) groups is 2. The summed E-state index contributed by atoms with van der Waals surface area (Å²) in [4.78, 5) is 25.7. The highest BCUT2D eigenvalue weighted by molar-refractivity contribution is 5.96. The summed E-state index contributed by atoms with van der Waals surface area (Å²) in [6.45, 7) is 4.15. The number of anilines is 1. The van der Waals surface area contributed by atoms with E-state index in [0.717, 1.165) is 17.9 Å². The molecule has 0 aliphatic carbocycles. The lowest BCUT2D eigenvalue weighted by molar-refractivity contribution is -0.117. The summed E-state index contributed by atoms with van der Waals surface area (Å²) in [6, 6.07) is 6.96. The lowest BCUT2D eigenvalue weighted by atomic mass is 10.2. The largest absolute Gasteiger partial charge is 0.494 e. The summed E-state index contributed by atoms with van der Waals surface area (Å²) in [6.07, 6.45) is 1.06. The smallest absolute Gasteiger partial charge is 0.315 e. The van der Waals surface area contributed by atoms with Crippen molar-refractivity contribution in [3.8, 4) is 5.75 Å². The highest BCUT2D eigenvalue weighted by Crippen LogP contribution is 2.24. The van der Waals surface area contributed by atoms with Crippen LogP contribution >= 0.6 is 0 Å². The molecule has 0 radical (unpaired) electrons. The number of urea groups is 1. The zero-order valence-corrected chi connectivity index (χ0v) is 14.2. The topological polar surface area (TPSA) is 79.9 Å². The van der Waals surface area contributed by atoms with Crippen LogP contribution in [0, 0.1) is 0 Å². The average Bonchev–Trinajstić information content (AvgIpc) is 2.93. The molecule has 0 saturated carbocycles. The Morgan fingerprint density at radius 2 is 2.08 bits per heavy atom. The van der Waals surface area contributed by atoms with Gasteiger partial charge >= 0.3 is 6.03 Å². The molecule has 0 bridgehead atoms. The Labute approximate surface area is 142 Å². The quantitative estimate of drug-likeness (QED) is 0.706. The van der Waals surface area contributed by atoms with Crippen molar-refractivity contribution < 1.29 is 19.1 Å². The molecule has 1 aromatic carbocycles. The van der Waals surface area contributed by atoms with E-state index < -0.39 is 0 Å². The highest BCUT2D eigenvalue weighted by Gasteiger charge is 2.31. The number of rotatable bonds is 8. The third-order valence-electron chi connectivity index (χ3n) is 3.73. The van der Waals surface area contributed by atoms with Gasteiger partial charge in [-0.25, -0.2) is 4.79 Å². The van der Waals surface area contributed by atoms with Gasteiger partial charge in [-0.2, -0.15) is 0 Å². The molecular weight excluding hydrogens is 310 g/mol. The van der Waals surface area contributed by atoms with Crippen molar-refractivity contribution in [3.63, 3.8) is 0 Å². The minimum atomic E-state index is -0.252. The molecule has 7 heteroatoms. The second kappa shape index (κ2) is 9.12. The van der Waals surface area contributed by atoms with Crippen LogP contribution in [0.15, 0.2) is 24.3 Å². The summed E-state index contributed by atoms with van der Waals surface area (Å²) in [5.74, 6) is 0.779. The van der Waals surface area contributed by atoms with Gasteiger partial charge in [0, 0.05) is 38.9 Å². The van der Waals surface area contributed by atoms with Gasteiger partial charge in [-0.1, -0.05) is 0 Å². The van der Waals surface area contributed by atoms with Crippen LogP contribution in [0.25, 0.3) is 0 Å². The second-order valence-corrected chi connectivity index (χ2v) is 5.58. The molecule has 0 spiro atoms. The maximum absolute atomic E-state index is 12.2. The van der Waals surface area contributed by atoms with Gasteiger partial charge in [0.25, 0.3) is 0 Å². The fourth-order valence-electron chi connectivity index (χ4n) is 2.60. The van der Waals surface area contributed by atoms with Crippen LogP contribution in [0.2, 0.25) is 0 Å². The number of nitrogens with one attached hydrogen (secondary N) is 2. The van der Waals surface area contributed by atoms with E-state index >= 15 is 0 Å². The van der Waals surface area contributed by atoms with E-state index in [-0.39, 0.29) is 18.0 Å². The minimum absolute atomic E-state index is 0.00356. The summed E-state index contributed by atoms with van der Waals surface area (Å²) >= 11 is 0. The number of hydrogen-bond acceptors (Lipinski definition) is 4. The number of ether oxygens (including phenoxy) is 2. The molecule has 1 saturated heterocycles. The van der Waals surface area contributed by atoms with Crippen LogP contribution in [-0.2, 0) is 9.53 Å². The fourth-order valence-corrected chi connectivity index (χ4v) is 2.60. The van der Waals surface area contributed by atoms with Crippen LogP contribution in [0.1, 0.15) is 19.8 Å². The van der Waals surface area contributed by atoms with Crippen molar-refractivity contribution >= 4 is 17.6 Å². The van der Waals surface area contributed by atoms with Crippen LogP contribution in [-0.4, -0.2) is 51.4 Å². The van der Waals surface area contributed by atoms with Crippen LogP contribution < -0.4 is 20.3 Å². The molecule has 2 rings (SSSR count). The molecule has 1 heterocycles. The SMILES string of the molecule is CCOc1ccc(N2CC(NC(=O)NCCCOC)CC2=O)cc1. The van der Waals surface area contributed by atoms with Crippen LogP contribution in [0.3, 0.4) is 0 Å². The first-order valence-electron chi connectivity index (χ1n) is 8.20. The Balaban J connectivity index is 1.83. The lowest BCUT2D eigenvalue weighted by Crippen LogP contribution is -2.43. The third-order valence-corrected chi connectivity index (χ3v) is 3.73.